The molecule has 2 aliphatic carbocycles. The van der Waals surface area contributed by atoms with Crippen molar-refractivity contribution in [3.8, 4) is 0 Å². The molecule has 7 aliphatic rings. The Morgan fingerprint density at radius 3 is 2.91 bits per heavy atom. The van der Waals surface area contributed by atoms with E-state index in [1.54, 1.807) is 5.57 Å². The molecule has 0 radical (unpaired) electrons. The van der Waals surface area contributed by atoms with Gasteiger partial charge >= 0.3 is 0 Å². The zero-order valence-corrected chi connectivity index (χ0v) is 17.6. The molecule has 7 nitrogen and oxygen atoms in total. The fourth-order valence-electron chi connectivity index (χ4n) is 6.33. The molecular formula is C25H25N3O4. The Hall–Kier alpha value is -3.32. The molecule has 164 valence electrons. The first-order valence-electron chi connectivity index (χ1n) is 11.2. The molecule has 5 aliphatic heterocycles. The van der Waals surface area contributed by atoms with Crippen LogP contribution in [-0.2, 0) is 4.74 Å². The molecule has 1 fully saturated rings. The molecular weight excluding hydrogens is 406 g/mol. The average Bonchev–Trinajstić information content (AvgIpc) is 2.79. The van der Waals surface area contributed by atoms with Crippen LogP contribution in [0.1, 0.15) is 25.7 Å². The fraction of sp³-hybridized carbons (Fsp3) is 0.360. The Morgan fingerprint density at radius 2 is 2.03 bits per heavy atom. The zero-order chi connectivity index (χ0) is 21.8. The van der Waals surface area contributed by atoms with Gasteiger partial charge in [0.15, 0.2) is 0 Å². The van der Waals surface area contributed by atoms with Gasteiger partial charge in [0, 0.05) is 42.3 Å². The van der Waals surface area contributed by atoms with Gasteiger partial charge in [0.1, 0.15) is 6.10 Å². The summed E-state index contributed by atoms with van der Waals surface area (Å²) < 4.78 is 6.97. The Balaban J connectivity index is 0.000000455. The van der Waals surface area contributed by atoms with Crippen molar-refractivity contribution in [2.24, 2.45) is 11.8 Å². The summed E-state index contributed by atoms with van der Waals surface area (Å²) in [6.45, 7) is 0.956. The van der Waals surface area contributed by atoms with Crippen molar-refractivity contribution in [1.82, 2.24) is 9.80 Å². The van der Waals surface area contributed by atoms with Crippen LogP contribution in [-0.4, -0.2) is 38.8 Å². The third kappa shape index (κ3) is 2.99. The minimum atomic E-state index is -1.50. The van der Waals surface area contributed by atoms with Crippen LogP contribution in [0, 0.1) is 22.0 Å². The van der Waals surface area contributed by atoms with E-state index >= 15 is 0 Å². The van der Waals surface area contributed by atoms with Crippen molar-refractivity contribution < 1.29 is 15.0 Å². The van der Waals surface area contributed by atoms with E-state index in [4.69, 9.17) is 20.1 Å². The summed E-state index contributed by atoms with van der Waals surface area (Å²) in [5.74, 6) is 1.27. The van der Waals surface area contributed by atoms with Crippen LogP contribution in [0.4, 0.5) is 0 Å². The molecule has 0 aromatic rings. The van der Waals surface area contributed by atoms with Crippen LogP contribution in [0.25, 0.3) is 0 Å². The van der Waals surface area contributed by atoms with Gasteiger partial charge in [-0.05, 0) is 54.4 Å². The lowest BCUT2D eigenvalue weighted by Crippen LogP contribution is -2.47. The molecule has 5 heterocycles. The summed E-state index contributed by atoms with van der Waals surface area (Å²) in [5, 5.41) is 13.6. The van der Waals surface area contributed by atoms with Gasteiger partial charge in [-0.15, -0.1) is 10.1 Å². The molecule has 7 heteroatoms. The molecule has 1 saturated heterocycles. The third-order valence-electron chi connectivity index (χ3n) is 7.36. The standard InChI is InChI=1S/C25H24N2O.HNO3/c1-5-16-13-18-15-19-14-17-6-2-10-27-12-4-8-21(23(17)27)25(19)28-24(18)20-7-3-11-26(9-1)22(16)20;2-1(3)4/h1-5,7,9-10,12-13,17,19,24-25H,6,8,11,14-15H2;(H,2,3,4). The lowest BCUT2D eigenvalue weighted by Gasteiger charge is -2.50. The van der Waals surface area contributed by atoms with Crippen LogP contribution in [0.5, 0.6) is 0 Å². The molecule has 0 saturated carbocycles. The SMILES string of the molecule is C1=CN2CC=CC3=C2C(=C1)C=C1CC2CC4CC=CN5C=CCC(=C45)C2OC13.O=[N+]([O-])O. The minimum absolute atomic E-state index is 0.113. The summed E-state index contributed by atoms with van der Waals surface area (Å²) in [6, 6.07) is 0. The molecule has 0 aromatic heterocycles. The number of allylic oxidation sites excluding steroid dienone is 6. The van der Waals surface area contributed by atoms with Crippen LogP contribution in [0.2, 0.25) is 0 Å². The van der Waals surface area contributed by atoms with E-state index < -0.39 is 5.09 Å². The summed E-state index contributed by atoms with van der Waals surface area (Å²) >= 11 is 0. The summed E-state index contributed by atoms with van der Waals surface area (Å²) in [5.41, 5.74) is 8.63. The molecule has 4 unspecified atom stereocenters. The maximum Gasteiger partial charge on any atom is 0.291 e. The highest BCUT2D eigenvalue weighted by molar-refractivity contribution is 5.59. The smallest absolute Gasteiger partial charge is 0.291 e. The van der Waals surface area contributed by atoms with E-state index in [0.29, 0.717) is 11.8 Å². The number of fused-ring (bicyclic) bond motifs is 4. The van der Waals surface area contributed by atoms with Gasteiger partial charge in [0.2, 0.25) is 0 Å². The quantitative estimate of drug-likeness (QED) is 0.454. The first-order valence-corrected chi connectivity index (χ1v) is 11.2. The monoisotopic (exact) mass is 431 g/mol. The van der Waals surface area contributed by atoms with Gasteiger partial charge in [0.25, 0.3) is 5.09 Å². The van der Waals surface area contributed by atoms with E-state index in [0.717, 1.165) is 13.0 Å². The molecule has 0 amide bonds. The van der Waals surface area contributed by atoms with Crippen molar-refractivity contribution in [3.63, 3.8) is 0 Å². The second-order valence-corrected chi connectivity index (χ2v) is 9.14. The molecule has 0 spiro atoms. The maximum atomic E-state index is 8.36. The molecule has 7 rings (SSSR count). The number of ether oxygens (including phenoxy) is 1. The van der Waals surface area contributed by atoms with Crippen molar-refractivity contribution >= 4 is 0 Å². The largest absolute Gasteiger partial charge is 0.361 e. The first kappa shape index (κ1) is 19.4. The highest BCUT2D eigenvalue weighted by Gasteiger charge is 2.46. The first-order chi connectivity index (χ1) is 15.6. The molecule has 0 aromatic carbocycles. The van der Waals surface area contributed by atoms with E-state index in [-0.39, 0.29) is 12.2 Å². The van der Waals surface area contributed by atoms with E-state index in [1.807, 2.05) is 0 Å². The Labute approximate surface area is 186 Å². The van der Waals surface area contributed by atoms with Crippen LogP contribution in [0.3, 0.4) is 0 Å². The number of nitrogens with zero attached hydrogens (tertiary/aromatic N) is 3. The van der Waals surface area contributed by atoms with E-state index in [2.05, 4.69) is 70.9 Å². The van der Waals surface area contributed by atoms with Crippen LogP contribution < -0.4 is 0 Å². The van der Waals surface area contributed by atoms with Gasteiger partial charge in [-0.25, -0.2) is 0 Å². The van der Waals surface area contributed by atoms with Gasteiger partial charge in [-0.3, -0.25) is 0 Å². The highest BCUT2D eigenvalue weighted by atomic mass is 16.9. The topological polar surface area (TPSA) is 79.1 Å². The normalized spacial score (nSPS) is 32.8. The van der Waals surface area contributed by atoms with Gasteiger partial charge in [-0.2, -0.15) is 0 Å². The Kier molecular flexibility index (Phi) is 4.47. The predicted octanol–water partition coefficient (Wildman–Crippen LogP) is 4.34. The predicted molar refractivity (Wildman–Crippen MR) is 118 cm³/mol. The van der Waals surface area contributed by atoms with Crippen molar-refractivity contribution in [1.29, 1.82) is 0 Å². The van der Waals surface area contributed by atoms with Gasteiger partial charge in [-0.1, -0.05) is 36.5 Å². The van der Waals surface area contributed by atoms with E-state index in [1.165, 1.54) is 47.4 Å². The Bertz CT molecular complexity index is 1120. The number of rotatable bonds is 0. The second kappa shape index (κ2) is 7.38. The summed E-state index contributed by atoms with van der Waals surface area (Å²) in [7, 11) is 0. The molecule has 4 atom stereocenters. The maximum absolute atomic E-state index is 8.36. The van der Waals surface area contributed by atoms with E-state index in [9.17, 15) is 0 Å². The fourth-order valence-corrected chi connectivity index (χ4v) is 6.33. The van der Waals surface area contributed by atoms with Gasteiger partial charge < -0.3 is 19.7 Å². The highest BCUT2D eigenvalue weighted by Crippen LogP contribution is 2.52. The Morgan fingerprint density at radius 1 is 1.19 bits per heavy atom. The molecule has 0 bridgehead atoms. The zero-order valence-electron chi connectivity index (χ0n) is 17.6. The third-order valence-corrected chi connectivity index (χ3v) is 7.36. The summed E-state index contributed by atoms with van der Waals surface area (Å²) in [6.07, 6.45) is 27.8. The average molecular weight is 431 g/mol. The van der Waals surface area contributed by atoms with Crippen LogP contribution in [0.15, 0.2) is 94.8 Å². The second-order valence-electron chi connectivity index (χ2n) is 9.14. The lowest BCUT2D eigenvalue weighted by atomic mass is 9.68. The van der Waals surface area contributed by atoms with Crippen molar-refractivity contribution in [2.75, 3.05) is 6.54 Å². The molecule has 1 N–H and O–H groups in total. The number of hydrogen-bond donors (Lipinski definition) is 1. The van der Waals surface area contributed by atoms with Crippen molar-refractivity contribution in [2.45, 2.75) is 37.9 Å². The number of hydrogen-bond acceptors (Lipinski definition) is 5. The minimum Gasteiger partial charge on any atom is -0.361 e. The molecule has 32 heavy (non-hydrogen) atoms. The summed E-state index contributed by atoms with van der Waals surface area (Å²) in [4.78, 5) is 13.1. The van der Waals surface area contributed by atoms with Gasteiger partial charge in [0.05, 0.1) is 11.8 Å². The van der Waals surface area contributed by atoms with Crippen LogP contribution >= 0.6 is 0 Å². The van der Waals surface area contributed by atoms with Crippen molar-refractivity contribution in [3.05, 3.63) is 105 Å². The lowest BCUT2D eigenvalue weighted by molar-refractivity contribution is -0.742.